The fraction of sp³-hybridized carbons (Fsp3) is 0.0667. The van der Waals surface area contributed by atoms with Gasteiger partial charge in [0.1, 0.15) is 0 Å². The van der Waals surface area contributed by atoms with Crippen LogP contribution in [0, 0.1) is 0 Å². The van der Waals surface area contributed by atoms with Gasteiger partial charge in [-0.15, -0.1) is 11.8 Å². The maximum absolute atomic E-state index is 5.83. The normalized spacial score (nSPS) is 10.9. The quantitative estimate of drug-likeness (QED) is 0.686. The van der Waals surface area contributed by atoms with Gasteiger partial charge in [0.2, 0.25) is 0 Å². The highest BCUT2D eigenvalue weighted by Gasteiger charge is 1.91. The molecule has 0 radical (unpaired) electrons. The number of benzene rings is 2. The molecule has 86 valence electrons. The van der Waals surface area contributed by atoms with E-state index < -0.39 is 0 Å². The number of halogens is 1. The van der Waals surface area contributed by atoms with Crippen molar-refractivity contribution in [3.05, 3.63) is 71.3 Å². The van der Waals surface area contributed by atoms with E-state index in [-0.39, 0.29) is 0 Å². The standard InChI is InChI=1S/C15H13ClS/c16-14-8-10-15(11-9-14)17-12-4-7-13-5-2-1-3-6-13/h1-11H,12H2/b7-4-. The van der Waals surface area contributed by atoms with Gasteiger partial charge in [0.05, 0.1) is 0 Å². The summed E-state index contributed by atoms with van der Waals surface area (Å²) < 4.78 is 0. The van der Waals surface area contributed by atoms with E-state index in [1.54, 1.807) is 11.8 Å². The highest BCUT2D eigenvalue weighted by atomic mass is 35.5. The molecule has 0 spiro atoms. The van der Waals surface area contributed by atoms with Crippen LogP contribution in [-0.4, -0.2) is 5.75 Å². The van der Waals surface area contributed by atoms with Gasteiger partial charge >= 0.3 is 0 Å². The number of thioether (sulfide) groups is 1. The monoisotopic (exact) mass is 260 g/mol. The number of rotatable bonds is 4. The van der Waals surface area contributed by atoms with Crippen LogP contribution in [0.15, 0.2) is 65.6 Å². The number of hydrogen-bond acceptors (Lipinski definition) is 1. The minimum atomic E-state index is 0.786. The van der Waals surface area contributed by atoms with Crippen molar-refractivity contribution in [2.24, 2.45) is 0 Å². The van der Waals surface area contributed by atoms with Gasteiger partial charge in [0.15, 0.2) is 0 Å². The highest BCUT2D eigenvalue weighted by molar-refractivity contribution is 7.99. The third-order valence-electron chi connectivity index (χ3n) is 2.27. The molecule has 0 heterocycles. The molecule has 0 N–H and O–H groups in total. The van der Waals surface area contributed by atoms with Gasteiger partial charge in [-0.1, -0.05) is 54.1 Å². The minimum Gasteiger partial charge on any atom is -0.122 e. The minimum absolute atomic E-state index is 0.786. The van der Waals surface area contributed by atoms with Gasteiger partial charge in [-0.05, 0) is 29.8 Å². The van der Waals surface area contributed by atoms with E-state index in [4.69, 9.17) is 11.6 Å². The van der Waals surface area contributed by atoms with Crippen LogP contribution in [0.4, 0.5) is 0 Å². The Balaban J connectivity index is 1.84. The third kappa shape index (κ3) is 4.29. The van der Waals surface area contributed by atoms with E-state index in [9.17, 15) is 0 Å². The molecule has 0 aliphatic carbocycles. The molecule has 0 saturated heterocycles. The lowest BCUT2D eigenvalue weighted by Gasteiger charge is -1.98. The fourth-order valence-electron chi connectivity index (χ4n) is 1.42. The molecule has 17 heavy (non-hydrogen) atoms. The van der Waals surface area contributed by atoms with E-state index in [1.165, 1.54) is 10.5 Å². The van der Waals surface area contributed by atoms with Gasteiger partial charge in [0.25, 0.3) is 0 Å². The average Bonchev–Trinajstić information content (AvgIpc) is 2.38. The van der Waals surface area contributed by atoms with Crippen molar-refractivity contribution in [2.75, 3.05) is 5.75 Å². The summed E-state index contributed by atoms with van der Waals surface area (Å²) in [5.41, 5.74) is 1.24. The second-order valence-electron chi connectivity index (χ2n) is 3.58. The third-order valence-corrected chi connectivity index (χ3v) is 3.49. The molecule has 2 heteroatoms. The Morgan fingerprint density at radius 3 is 2.35 bits per heavy atom. The first-order valence-corrected chi connectivity index (χ1v) is 6.81. The first kappa shape index (κ1) is 12.3. The van der Waals surface area contributed by atoms with Crippen molar-refractivity contribution in [3.8, 4) is 0 Å². The van der Waals surface area contributed by atoms with Crippen LogP contribution in [0.25, 0.3) is 6.08 Å². The van der Waals surface area contributed by atoms with Crippen LogP contribution in [0.5, 0.6) is 0 Å². The second-order valence-corrected chi connectivity index (χ2v) is 5.11. The Morgan fingerprint density at radius 1 is 0.941 bits per heavy atom. The largest absolute Gasteiger partial charge is 0.122 e. The summed E-state index contributed by atoms with van der Waals surface area (Å²) in [5.74, 6) is 0.969. The molecule has 0 nitrogen and oxygen atoms in total. The van der Waals surface area contributed by atoms with E-state index in [0.717, 1.165) is 10.8 Å². The summed E-state index contributed by atoms with van der Waals surface area (Å²) in [4.78, 5) is 1.24. The lowest BCUT2D eigenvalue weighted by Crippen LogP contribution is -1.74. The van der Waals surface area contributed by atoms with Gasteiger partial charge in [-0.3, -0.25) is 0 Å². The van der Waals surface area contributed by atoms with Crippen molar-refractivity contribution in [2.45, 2.75) is 4.90 Å². The van der Waals surface area contributed by atoms with Gasteiger partial charge in [-0.2, -0.15) is 0 Å². The molecule has 0 atom stereocenters. The Morgan fingerprint density at radius 2 is 1.65 bits per heavy atom. The molecule has 0 aliphatic rings. The molecule has 0 aliphatic heterocycles. The second kappa shape index (κ2) is 6.53. The predicted octanol–water partition coefficient (Wildman–Crippen LogP) is 5.15. The van der Waals surface area contributed by atoms with Crippen molar-refractivity contribution in [1.82, 2.24) is 0 Å². The van der Waals surface area contributed by atoms with E-state index >= 15 is 0 Å². The van der Waals surface area contributed by atoms with Gasteiger partial charge < -0.3 is 0 Å². The summed E-state index contributed by atoms with van der Waals surface area (Å²) in [6.07, 6.45) is 4.32. The maximum atomic E-state index is 5.83. The number of hydrogen-bond donors (Lipinski definition) is 0. The smallest absolute Gasteiger partial charge is 0.0406 e. The van der Waals surface area contributed by atoms with Crippen LogP contribution in [0.1, 0.15) is 5.56 Å². The van der Waals surface area contributed by atoms with Crippen molar-refractivity contribution in [3.63, 3.8) is 0 Å². The Labute approximate surface area is 111 Å². The zero-order chi connectivity index (χ0) is 11.9. The molecule has 2 aromatic rings. The summed E-state index contributed by atoms with van der Waals surface area (Å²) >= 11 is 7.63. The van der Waals surface area contributed by atoms with Crippen LogP contribution in [0.2, 0.25) is 5.02 Å². The summed E-state index contributed by atoms with van der Waals surface area (Å²) in [5, 5.41) is 0.786. The molecule has 0 amide bonds. The van der Waals surface area contributed by atoms with E-state index in [0.29, 0.717) is 0 Å². The zero-order valence-electron chi connectivity index (χ0n) is 9.34. The Bertz CT molecular complexity index is 474. The molecule has 0 saturated carbocycles. The van der Waals surface area contributed by atoms with Crippen molar-refractivity contribution >= 4 is 29.4 Å². The molecule has 0 bridgehead atoms. The fourth-order valence-corrected chi connectivity index (χ4v) is 2.26. The summed E-state index contributed by atoms with van der Waals surface area (Å²) in [7, 11) is 0. The zero-order valence-corrected chi connectivity index (χ0v) is 10.9. The molecule has 0 fully saturated rings. The van der Waals surface area contributed by atoms with Gasteiger partial charge in [-0.25, -0.2) is 0 Å². The van der Waals surface area contributed by atoms with E-state index in [2.05, 4.69) is 24.3 Å². The SMILES string of the molecule is Clc1ccc(SC/C=C\c2ccccc2)cc1. The lowest BCUT2D eigenvalue weighted by molar-refractivity contribution is 1.46. The summed E-state index contributed by atoms with van der Waals surface area (Å²) in [6.45, 7) is 0. The maximum Gasteiger partial charge on any atom is 0.0406 e. The van der Waals surface area contributed by atoms with Crippen LogP contribution < -0.4 is 0 Å². The van der Waals surface area contributed by atoms with Crippen LogP contribution in [0.3, 0.4) is 0 Å². The van der Waals surface area contributed by atoms with E-state index in [1.807, 2.05) is 42.5 Å². The topological polar surface area (TPSA) is 0 Å². The summed E-state index contributed by atoms with van der Waals surface area (Å²) in [6, 6.07) is 18.3. The Hall–Kier alpha value is -1.18. The molecule has 2 rings (SSSR count). The Kier molecular flexibility index (Phi) is 4.72. The van der Waals surface area contributed by atoms with Gasteiger partial charge in [0, 0.05) is 15.7 Å². The van der Waals surface area contributed by atoms with Crippen molar-refractivity contribution in [1.29, 1.82) is 0 Å². The molecule has 0 aromatic heterocycles. The first-order chi connectivity index (χ1) is 8.34. The highest BCUT2D eigenvalue weighted by Crippen LogP contribution is 2.20. The molecule has 2 aromatic carbocycles. The average molecular weight is 261 g/mol. The van der Waals surface area contributed by atoms with Crippen molar-refractivity contribution < 1.29 is 0 Å². The molecule has 0 unspecified atom stereocenters. The predicted molar refractivity (Wildman–Crippen MR) is 77.7 cm³/mol. The molecular formula is C15H13ClS. The lowest BCUT2D eigenvalue weighted by atomic mass is 10.2. The van der Waals surface area contributed by atoms with Crippen LogP contribution >= 0.6 is 23.4 Å². The van der Waals surface area contributed by atoms with Crippen LogP contribution in [-0.2, 0) is 0 Å². The molecular weight excluding hydrogens is 248 g/mol. The first-order valence-electron chi connectivity index (χ1n) is 5.44.